The van der Waals surface area contributed by atoms with Crippen molar-refractivity contribution in [3.63, 3.8) is 0 Å². The highest BCUT2D eigenvalue weighted by atomic mass is 16.5. The Balaban J connectivity index is 1.50. The summed E-state index contributed by atoms with van der Waals surface area (Å²) in [6, 6.07) is 0. The largest absolute Gasteiger partial charge is 0.385 e. The normalized spacial score (nSPS) is 29.1. The lowest BCUT2D eigenvalue weighted by Gasteiger charge is -2.46. The van der Waals surface area contributed by atoms with E-state index in [4.69, 9.17) is 9.47 Å². The van der Waals surface area contributed by atoms with Crippen LogP contribution in [0.3, 0.4) is 0 Å². The van der Waals surface area contributed by atoms with Gasteiger partial charge in [0.1, 0.15) is 0 Å². The Morgan fingerprint density at radius 1 is 1.23 bits per heavy atom. The van der Waals surface area contributed by atoms with E-state index in [-0.39, 0.29) is 5.60 Å². The van der Waals surface area contributed by atoms with Gasteiger partial charge in [0, 0.05) is 39.3 Å². The van der Waals surface area contributed by atoms with Gasteiger partial charge in [-0.1, -0.05) is 12.8 Å². The third kappa shape index (κ3) is 3.65. The second kappa shape index (κ2) is 7.31. The van der Waals surface area contributed by atoms with Gasteiger partial charge in [-0.15, -0.1) is 0 Å². The molecule has 2 aliphatic heterocycles. The van der Waals surface area contributed by atoms with E-state index >= 15 is 0 Å². The smallest absolute Gasteiger partial charge is 0.225 e. The molecule has 126 valence electrons. The number of rotatable bonds is 4. The molecule has 3 fully saturated rings. The van der Waals surface area contributed by atoms with Crippen molar-refractivity contribution in [2.45, 2.75) is 63.4 Å². The van der Waals surface area contributed by atoms with Gasteiger partial charge in [-0.25, -0.2) is 0 Å². The van der Waals surface area contributed by atoms with Gasteiger partial charge in [-0.3, -0.25) is 4.79 Å². The standard InChI is InChI=1S/C18H31NO3/c1-21-12-6-15-7-13-22-18(14-15)8-10-19(11-9-18)17(20)16-4-2-3-5-16/h15-16H,2-14H2,1H3. The fourth-order valence-electron chi connectivity index (χ4n) is 4.57. The minimum Gasteiger partial charge on any atom is -0.385 e. The lowest BCUT2D eigenvalue weighted by atomic mass is 9.78. The summed E-state index contributed by atoms with van der Waals surface area (Å²) < 4.78 is 11.4. The molecule has 4 nitrogen and oxygen atoms in total. The van der Waals surface area contributed by atoms with Crippen LogP contribution in [0.15, 0.2) is 0 Å². The molecule has 0 aromatic carbocycles. The van der Waals surface area contributed by atoms with Crippen molar-refractivity contribution in [1.29, 1.82) is 0 Å². The van der Waals surface area contributed by atoms with Gasteiger partial charge in [-0.05, 0) is 50.9 Å². The molecular weight excluding hydrogens is 278 g/mol. The van der Waals surface area contributed by atoms with E-state index in [0.29, 0.717) is 11.8 Å². The van der Waals surface area contributed by atoms with E-state index in [1.807, 2.05) is 0 Å². The zero-order chi connectivity index (χ0) is 15.4. The third-order valence-electron chi connectivity index (χ3n) is 6.02. The number of hydrogen-bond acceptors (Lipinski definition) is 3. The van der Waals surface area contributed by atoms with Gasteiger partial charge >= 0.3 is 0 Å². The van der Waals surface area contributed by atoms with Gasteiger partial charge in [0.25, 0.3) is 0 Å². The quantitative estimate of drug-likeness (QED) is 0.801. The SMILES string of the molecule is COCCC1CCOC2(CCN(C(=O)C3CCCC3)CC2)C1. The first-order chi connectivity index (χ1) is 10.7. The van der Waals surface area contributed by atoms with Crippen molar-refractivity contribution >= 4 is 5.91 Å². The van der Waals surface area contributed by atoms with Gasteiger partial charge in [0.05, 0.1) is 5.60 Å². The number of carbonyl (C=O) groups is 1. The number of piperidine rings is 1. The summed E-state index contributed by atoms with van der Waals surface area (Å²) in [6.07, 6.45) is 10.2. The third-order valence-corrected chi connectivity index (χ3v) is 6.02. The Morgan fingerprint density at radius 3 is 2.64 bits per heavy atom. The average molecular weight is 309 g/mol. The molecule has 0 aromatic rings. The maximum absolute atomic E-state index is 12.5. The lowest BCUT2D eigenvalue weighted by Crippen LogP contribution is -2.51. The minimum atomic E-state index is 0.0448. The number of ether oxygens (including phenoxy) is 2. The first-order valence-electron chi connectivity index (χ1n) is 9.14. The number of hydrogen-bond donors (Lipinski definition) is 0. The van der Waals surface area contributed by atoms with Crippen LogP contribution >= 0.6 is 0 Å². The summed E-state index contributed by atoms with van der Waals surface area (Å²) in [5.74, 6) is 1.46. The van der Waals surface area contributed by atoms with E-state index in [1.54, 1.807) is 7.11 Å². The Labute approximate surface area is 134 Å². The van der Waals surface area contributed by atoms with Crippen LogP contribution in [0, 0.1) is 11.8 Å². The summed E-state index contributed by atoms with van der Waals surface area (Å²) >= 11 is 0. The molecule has 2 heterocycles. The molecule has 1 amide bonds. The van der Waals surface area contributed by atoms with Gasteiger partial charge in [0.15, 0.2) is 0 Å². The highest BCUT2D eigenvalue weighted by Gasteiger charge is 2.41. The molecule has 0 radical (unpaired) electrons. The topological polar surface area (TPSA) is 38.8 Å². The summed E-state index contributed by atoms with van der Waals surface area (Å²) in [6.45, 7) is 3.52. The maximum Gasteiger partial charge on any atom is 0.225 e. The monoisotopic (exact) mass is 309 g/mol. The van der Waals surface area contributed by atoms with Crippen LogP contribution in [0.25, 0.3) is 0 Å². The van der Waals surface area contributed by atoms with Crippen LogP contribution in [-0.2, 0) is 14.3 Å². The van der Waals surface area contributed by atoms with Gasteiger partial charge < -0.3 is 14.4 Å². The van der Waals surface area contributed by atoms with E-state index in [2.05, 4.69) is 4.90 Å². The van der Waals surface area contributed by atoms with Crippen LogP contribution < -0.4 is 0 Å². The van der Waals surface area contributed by atoms with Crippen LogP contribution in [-0.4, -0.2) is 49.8 Å². The number of likely N-dealkylation sites (tertiary alicyclic amines) is 1. The van der Waals surface area contributed by atoms with Crippen LogP contribution in [0.1, 0.15) is 57.8 Å². The summed E-state index contributed by atoms with van der Waals surface area (Å²) in [7, 11) is 1.78. The fourth-order valence-corrected chi connectivity index (χ4v) is 4.57. The molecule has 3 aliphatic rings. The van der Waals surface area contributed by atoms with Crippen molar-refractivity contribution in [2.24, 2.45) is 11.8 Å². The fraction of sp³-hybridized carbons (Fsp3) is 0.944. The summed E-state index contributed by atoms with van der Waals surface area (Å²) in [5.41, 5.74) is 0.0448. The van der Waals surface area contributed by atoms with Gasteiger partial charge in [-0.2, -0.15) is 0 Å². The van der Waals surface area contributed by atoms with Crippen LogP contribution in [0.5, 0.6) is 0 Å². The molecule has 0 aromatic heterocycles. The van der Waals surface area contributed by atoms with Crippen molar-refractivity contribution in [3.8, 4) is 0 Å². The van der Waals surface area contributed by atoms with Crippen molar-refractivity contribution in [3.05, 3.63) is 0 Å². The molecule has 1 saturated carbocycles. The number of carbonyl (C=O) groups excluding carboxylic acids is 1. The van der Waals surface area contributed by atoms with E-state index < -0.39 is 0 Å². The highest BCUT2D eigenvalue weighted by molar-refractivity contribution is 5.79. The minimum absolute atomic E-state index is 0.0448. The first-order valence-corrected chi connectivity index (χ1v) is 9.14. The second-order valence-electron chi connectivity index (χ2n) is 7.48. The molecule has 1 unspecified atom stereocenters. The molecule has 0 bridgehead atoms. The highest BCUT2D eigenvalue weighted by Crippen LogP contribution is 2.39. The molecule has 1 spiro atoms. The Bertz CT molecular complexity index is 371. The Morgan fingerprint density at radius 2 is 1.95 bits per heavy atom. The maximum atomic E-state index is 12.5. The van der Waals surface area contributed by atoms with Crippen molar-refractivity contribution in [1.82, 2.24) is 4.90 Å². The zero-order valence-corrected chi connectivity index (χ0v) is 14.0. The first kappa shape index (κ1) is 16.3. The van der Waals surface area contributed by atoms with Crippen molar-refractivity contribution < 1.29 is 14.3 Å². The molecule has 1 aliphatic carbocycles. The molecule has 0 N–H and O–H groups in total. The lowest BCUT2D eigenvalue weighted by molar-refractivity contribution is -0.150. The molecule has 1 atom stereocenters. The number of nitrogens with zero attached hydrogens (tertiary/aromatic N) is 1. The predicted octanol–water partition coefficient (Wildman–Crippen LogP) is 3.00. The Kier molecular flexibility index (Phi) is 5.40. The molecule has 4 heteroatoms. The van der Waals surface area contributed by atoms with E-state index in [0.717, 1.165) is 77.2 Å². The summed E-state index contributed by atoms with van der Waals surface area (Å²) in [5, 5.41) is 0. The number of amides is 1. The molecule has 3 rings (SSSR count). The van der Waals surface area contributed by atoms with E-state index in [1.165, 1.54) is 12.8 Å². The molecule has 2 saturated heterocycles. The zero-order valence-electron chi connectivity index (χ0n) is 14.0. The second-order valence-corrected chi connectivity index (χ2v) is 7.48. The van der Waals surface area contributed by atoms with Crippen LogP contribution in [0.2, 0.25) is 0 Å². The molecule has 22 heavy (non-hydrogen) atoms. The van der Waals surface area contributed by atoms with E-state index in [9.17, 15) is 4.79 Å². The average Bonchev–Trinajstić information content (AvgIpc) is 3.08. The van der Waals surface area contributed by atoms with Gasteiger partial charge in [0.2, 0.25) is 5.91 Å². The number of methoxy groups -OCH3 is 1. The van der Waals surface area contributed by atoms with Crippen molar-refractivity contribution in [2.75, 3.05) is 33.4 Å². The predicted molar refractivity (Wildman–Crippen MR) is 85.7 cm³/mol. The van der Waals surface area contributed by atoms with Crippen LogP contribution in [0.4, 0.5) is 0 Å². The summed E-state index contributed by atoms with van der Waals surface area (Å²) in [4.78, 5) is 14.7. The Hall–Kier alpha value is -0.610. The molecular formula is C18H31NO3.